The van der Waals surface area contributed by atoms with Crippen molar-refractivity contribution in [1.82, 2.24) is 20.1 Å². The molecular weight excluding hydrogens is 395 g/mol. The van der Waals surface area contributed by atoms with Crippen molar-refractivity contribution in [3.8, 4) is 17.0 Å². The molecule has 1 aliphatic rings. The molecule has 30 heavy (non-hydrogen) atoms. The first-order chi connectivity index (χ1) is 14.3. The number of aromatic nitrogens is 3. The maximum Gasteiger partial charge on any atom is 0.416 e. The summed E-state index contributed by atoms with van der Waals surface area (Å²) in [5.41, 5.74) is -0.429. The van der Waals surface area contributed by atoms with E-state index in [4.69, 9.17) is 0 Å². The second-order valence-electron chi connectivity index (χ2n) is 7.56. The van der Waals surface area contributed by atoms with Gasteiger partial charge in [-0.15, -0.1) is 10.2 Å². The van der Waals surface area contributed by atoms with Gasteiger partial charge in [0.05, 0.1) is 5.56 Å². The molecule has 0 radical (unpaired) electrons. The number of hydrogen-bond acceptors (Lipinski definition) is 6. The third kappa shape index (κ3) is 4.02. The minimum atomic E-state index is -4.53. The van der Waals surface area contributed by atoms with Crippen LogP contribution in [0.15, 0.2) is 36.7 Å². The van der Waals surface area contributed by atoms with Crippen LogP contribution in [-0.4, -0.2) is 51.4 Å². The van der Waals surface area contributed by atoms with Gasteiger partial charge in [0.15, 0.2) is 5.82 Å². The first-order valence-electron chi connectivity index (χ1n) is 9.79. The van der Waals surface area contributed by atoms with Crippen LogP contribution >= 0.6 is 0 Å². The fraction of sp³-hybridized carbons (Fsp3) is 0.381. The number of phenolic OH excluding ortho intramolecular Hbond substituents is 1. The Labute approximate surface area is 171 Å². The second-order valence-corrected chi connectivity index (χ2v) is 7.56. The molecule has 0 aliphatic carbocycles. The lowest BCUT2D eigenvalue weighted by molar-refractivity contribution is -0.137. The predicted molar refractivity (Wildman–Crippen MR) is 108 cm³/mol. The SMILES string of the molecule is CN1CCCCC1CNc1nnc(-c2ccc(C(F)(F)F)cc2O)c2ccncc12. The number of halogens is 3. The van der Waals surface area contributed by atoms with E-state index in [-0.39, 0.29) is 5.56 Å². The van der Waals surface area contributed by atoms with E-state index in [1.54, 1.807) is 18.5 Å². The molecular formula is C21H22F3N5O. The third-order valence-corrected chi connectivity index (χ3v) is 5.59. The minimum absolute atomic E-state index is 0.185. The number of fused-ring (bicyclic) bond motifs is 1. The average molecular weight is 417 g/mol. The molecule has 1 aromatic carbocycles. The summed E-state index contributed by atoms with van der Waals surface area (Å²) in [6.07, 6.45) is 2.18. The number of phenols is 1. The van der Waals surface area contributed by atoms with Gasteiger partial charge in [-0.25, -0.2) is 0 Å². The Balaban J connectivity index is 1.68. The molecule has 1 saturated heterocycles. The van der Waals surface area contributed by atoms with Gasteiger partial charge in [-0.2, -0.15) is 13.2 Å². The second kappa shape index (κ2) is 8.06. The molecule has 3 aromatic rings. The van der Waals surface area contributed by atoms with E-state index in [1.165, 1.54) is 18.9 Å². The minimum Gasteiger partial charge on any atom is -0.507 e. The Morgan fingerprint density at radius 3 is 2.73 bits per heavy atom. The van der Waals surface area contributed by atoms with E-state index in [9.17, 15) is 18.3 Å². The summed E-state index contributed by atoms with van der Waals surface area (Å²) < 4.78 is 38.7. The van der Waals surface area contributed by atoms with Crippen molar-refractivity contribution in [2.75, 3.05) is 25.5 Å². The monoisotopic (exact) mass is 417 g/mol. The van der Waals surface area contributed by atoms with Crippen LogP contribution in [0.25, 0.3) is 22.0 Å². The van der Waals surface area contributed by atoms with E-state index in [0.29, 0.717) is 40.9 Å². The van der Waals surface area contributed by atoms with Gasteiger partial charge in [0.25, 0.3) is 0 Å². The van der Waals surface area contributed by atoms with Crippen LogP contribution in [0.4, 0.5) is 19.0 Å². The molecule has 0 amide bonds. The van der Waals surface area contributed by atoms with E-state index in [1.807, 2.05) is 0 Å². The van der Waals surface area contributed by atoms with Gasteiger partial charge in [-0.3, -0.25) is 4.98 Å². The molecule has 0 spiro atoms. The smallest absolute Gasteiger partial charge is 0.416 e. The van der Waals surface area contributed by atoms with Gasteiger partial charge in [-0.1, -0.05) is 6.42 Å². The molecule has 6 nitrogen and oxygen atoms in total. The zero-order valence-electron chi connectivity index (χ0n) is 16.4. The van der Waals surface area contributed by atoms with Crippen LogP contribution in [0.2, 0.25) is 0 Å². The standard InChI is InChI=1S/C21H22F3N5O/c1-29-9-3-2-4-14(29)11-26-20-17-12-25-8-7-15(17)19(27-28-20)16-6-5-13(10-18(16)30)21(22,23)24/h5-8,10,12,14,30H,2-4,9,11H2,1H3,(H,26,28). The molecule has 158 valence electrons. The summed E-state index contributed by atoms with van der Waals surface area (Å²) >= 11 is 0. The number of likely N-dealkylation sites (tertiary alicyclic amines) is 1. The molecule has 0 saturated carbocycles. The highest BCUT2D eigenvalue weighted by molar-refractivity contribution is 6.00. The maximum absolute atomic E-state index is 12.9. The molecule has 0 bridgehead atoms. The molecule has 3 heterocycles. The quantitative estimate of drug-likeness (QED) is 0.659. The number of likely N-dealkylation sites (N-methyl/N-ethyl adjacent to an activating group) is 1. The summed E-state index contributed by atoms with van der Waals surface area (Å²) in [6.45, 7) is 1.77. The van der Waals surface area contributed by atoms with Crippen molar-refractivity contribution < 1.29 is 18.3 Å². The van der Waals surface area contributed by atoms with Crippen LogP contribution in [0.1, 0.15) is 24.8 Å². The van der Waals surface area contributed by atoms with Gasteiger partial charge < -0.3 is 15.3 Å². The lowest BCUT2D eigenvalue weighted by Gasteiger charge is -2.32. The highest BCUT2D eigenvalue weighted by atomic mass is 19.4. The van der Waals surface area contributed by atoms with Crippen molar-refractivity contribution in [3.05, 3.63) is 42.2 Å². The Kier molecular flexibility index (Phi) is 5.46. The summed E-state index contributed by atoms with van der Waals surface area (Å²) in [7, 11) is 2.10. The highest BCUT2D eigenvalue weighted by Gasteiger charge is 2.31. The number of anilines is 1. The summed E-state index contributed by atoms with van der Waals surface area (Å²) in [5.74, 6) is 0.0639. The molecule has 4 rings (SSSR count). The third-order valence-electron chi connectivity index (χ3n) is 5.59. The number of aromatic hydroxyl groups is 1. The summed E-state index contributed by atoms with van der Waals surface area (Å²) in [5, 5.41) is 23.4. The van der Waals surface area contributed by atoms with E-state index in [2.05, 4.69) is 32.4 Å². The van der Waals surface area contributed by atoms with Gasteiger partial charge >= 0.3 is 6.18 Å². The molecule has 2 N–H and O–H groups in total. The Bertz CT molecular complexity index is 1060. The van der Waals surface area contributed by atoms with Crippen molar-refractivity contribution in [1.29, 1.82) is 0 Å². The number of nitrogens with one attached hydrogen (secondary N) is 1. The van der Waals surface area contributed by atoms with Crippen LogP contribution in [0.3, 0.4) is 0 Å². The zero-order valence-corrected chi connectivity index (χ0v) is 16.4. The van der Waals surface area contributed by atoms with Gasteiger partial charge in [0.2, 0.25) is 0 Å². The number of rotatable bonds is 4. The van der Waals surface area contributed by atoms with Gasteiger partial charge in [0, 0.05) is 41.3 Å². The highest BCUT2D eigenvalue weighted by Crippen LogP contribution is 2.38. The van der Waals surface area contributed by atoms with Crippen molar-refractivity contribution in [3.63, 3.8) is 0 Å². The van der Waals surface area contributed by atoms with Gasteiger partial charge in [0.1, 0.15) is 11.4 Å². The number of piperidine rings is 1. The molecule has 1 aliphatic heterocycles. The lowest BCUT2D eigenvalue weighted by Crippen LogP contribution is -2.40. The van der Waals surface area contributed by atoms with Crippen LogP contribution in [-0.2, 0) is 6.18 Å². The zero-order chi connectivity index (χ0) is 21.3. The Hall–Kier alpha value is -2.94. The first kappa shape index (κ1) is 20.3. The molecule has 1 fully saturated rings. The van der Waals surface area contributed by atoms with Crippen molar-refractivity contribution >= 4 is 16.6 Å². The van der Waals surface area contributed by atoms with E-state index >= 15 is 0 Å². The molecule has 9 heteroatoms. The number of benzene rings is 1. The van der Waals surface area contributed by atoms with Crippen LogP contribution in [0.5, 0.6) is 5.75 Å². The molecule has 1 atom stereocenters. The maximum atomic E-state index is 12.9. The predicted octanol–water partition coefficient (Wildman–Crippen LogP) is 4.31. The summed E-state index contributed by atoms with van der Waals surface area (Å²) in [6, 6.07) is 4.95. The Morgan fingerprint density at radius 1 is 1.17 bits per heavy atom. The average Bonchev–Trinajstić information content (AvgIpc) is 2.72. The van der Waals surface area contributed by atoms with Crippen LogP contribution in [0, 0.1) is 0 Å². The molecule has 1 unspecified atom stereocenters. The number of hydrogen-bond donors (Lipinski definition) is 2. The normalized spacial score (nSPS) is 17.9. The largest absolute Gasteiger partial charge is 0.507 e. The summed E-state index contributed by atoms with van der Waals surface area (Å²) in [4.78, 5) is 6.48. The number of alkyl halides is 3. The van der Waals surface area contributed by atoms with E-state index < -0.39 is 17.5 Å². The van der Waals surface area contributed by atoms with Crippen molar-refractivity contribution in [2.24, 2.45) is 0 Å². The molecule has 2 aromatic heterocycles. The number of nitrogens with zero attached hydrogens (tertiary/aromatic N) is 4. The topological polar surface area (TPSA) is 74.2 Å². The lowest BCUT2D eigenvalue weighted by atomic mass is 10.0. The first-order valence-corrected chi connectivity index (χ1v) is 9.79. The van der Waals surface area contributed by atoms with Crippen molar-refractivity contribution in [2.45, 2.75) is 31.5 Å². The fourth-order valence-electron chi connectivity index (χ4n) is 3.85. The number of pyridine rings is 1. The van der Waals surface area contributed by atoms with E-state index in [0.717, 1.165) is 19.0 Å². The Morgan fingerprint density at radius 2 is 2.00 bits per heavy atom. The van der Waals surface area contributed by atoms with Gasteiger partial charge in [-0.05, 0) is 50.7 Å². The fourth-order valence-corrected chi connectivity index (χ4v) is 3.85. The van der Waals surface area contributed by atoms with Crippen LogP contribution < -0.4 is 5.32 Å².